The van der Waals surface area contributed by atoms with Gasteiger partial charge < -0.3 is 0 Å². The van der Waals surface area contributed by atoms with Gasteiger partial charge in [-0.3, -0.25) is 0 Å². The van der Waals surface area contributed by atoms with E-state index in [9.17, 15) is 0 Å². The Labute approximate surface area is 52.8 Å². The van der Waals surface area contributed by atoms with Crippen LogP contribution < -0.4 is 0 Å². The topological polar surface area (TPSA) is 0 Å². The molecule has 0 aliphatic carbocycles. The molecule has 0 nitrogen and oxygen atoms in total. The van der Waals surface area contributed by atoms with Crippen LogP contribution in [-0.4, -0.2) is 0 Å². The number of hydrogen-bond acceptors (Lipinski definition) is 0. The van der Waals surface area contributed by atoms with E-state index >= 15 is 0 Å². The fraction of sp³-hybridized carbons (Fsp3) is 0.333. The molecule has 0 fully saturated rings. The van der Waals surface area contributed by atoms with E-state index < -0.39 is 0 Å². The van der Waals surface area contributed by atoms with Crippen molar-refractivity contribution in [2.24, 2.45) is 0 Å². The number of hydrogen-bond donors (Lipinski definition) is 0. The SMILES string of the molecule is Br.CC#[C][Zn]. The van der Waals surface area contributed by atoms with Crippen molar-refractivity contribution in [2.45, 2.75) is 6.92 Å². The first kappa shape index (κ1) is 9.18. The van der Waals surface area contributed by atoms with Crippen molar-refractivity contribution in [1.29, 1.82) is 0 Å². The Balaban J connectivity index is 0. The quantitative estimate of drug-likeness (QED) is 0.391. The third-order valence-corrected chi connectivity index (χ3v) is 0.919. The molecule has 0 aliphatic heterocycles. The van der Waals surface area contributed by atoms with Gasteiger partial charge in [0.25, 0.3) is 0 Å². The van der Waals surface area contributed by atoms with Crippen LogP contribution in [0.2, 0.25) is 0 Å². The molecule has 2 heteroatoms. The molecule has 0 aromatic heterocycles. The van der Waals surface area contributed by atoms with E-state index in [0.717, 1.165) is 18.3 Å². The molecule has 0 aliphatic rings. The zero-order chi connectivity index (χ0) is 3.41. The Bertz CT molecular complexity index is 43.6. The molecular formula is C3H4BrZn. The van der Waals surface area contributed by atoms with Crippen molar-refractivity contribution in [2.75, 3.05) is 0 Å². The van der Waals surface area contributed by atoms with E-state index in [-0.39, 0.29) is 17.0 Å². The predicted molar refractivity (Wildman–Crippen MR) is 23.8 cm³/mol. The molecule has 0 radical (unpaired) electrons. The van der Waals surface area contributed by atoms with Crippen LogP contribution in [0.4, 0.5) is 0 Å². The summed E-state index contributed by atoms with van der Waals surface area (Å²) in [7, 11) is 0. The molecule has 0 amide bonds. The fourth-order valence-corrected chi connectivity index (χ4v) is 0. The van der Waals surface area contributed by atoms with Gasteiger partial charge in [0.1, 0.15) is 0 Å². The van der Waals surface area contributed by atoms with Crippen LogP contribution in [0.1, 0.15) is 6.92 Å². The maximum absolute atomic E-state index is 2.81. The second kappa shape index (κ2) is 8.82. The molecule has 0 rings (SSSR count). The van der Waals surface area contributed by atoms with E-state index in [0.29, 0.717) is 0 Å². The molecule has 0 N–H and O–H groups in total. The number of halogens is 1. The predicted octanol–water partition coefficient (Wildman–Crippen LogP) is 1.09. The molecule has 5 heavy (non-hydrogen) atoms. The minimum absolute atomic E-state index is 0. The summed E-state index contributed by atoms with van der Waals surface area (Å²) in [5, 5.41) is 0. The van der Waals surface area contributed by atoms with E-state index in [1.165, 1.54) is 0 Å². The summed E-state index contributed by atoms with van der Waals surface area (Å²) in [6.45, 7) is 1.85. The van der Waals surface area contributed by atoms with Gasteiger partial charge in [0.05, 0.1) is 0 Å². The maximum atomic E-state index is 2.81. The summed E-state index contributed by atoms with van der Waals surface area (Å²) in [6.07, 6.45) is 0. The molecular weight excluding hydrogens is 181 g/mol. The van der Waals surface area contributed by atoms with Crippen molar-refractivity contribution in [1.82, 2.24) is 0 Å². The monoisotopic (exact) mass is 183 g/mol. The fourth-order valence-electron chi connectivity index (χ4n) is 0. The van der Waals surface area contributed by atoms with E-state index in [4.69, 9.17) is 0 Å². The van der Waals surface area contributed by atoms with Gasteiger partial charge in [-0.05, 0) is 0 Å². The van der Waals surface area contributed by atoms with Crippen molar-refractivity contribution < 1.29 is 18.3 Å². The summed E-state index contributed by atoms with van der Waals surface area (Å²) in [5.74, 6) is 2.74. The molecule has 0 saturated carbocycles. The molecule has 0 atom stereocenters. The van der Waals surface area contributed by atoms with Crippen molar-refractivity contribution in [3.63, 3.8) is 0 Å². The van der Waals surface area contributed by atoms with Crippen LogP contribution in [0.15, 0.2) is 0 Å². The molecule has 0 saturated heterocycles. The second-order valence-electron chi connectivity index (χ2n) is 0.427. The van der Waals surface area contributed by atoms with E-state index in [2.05, 4.69) is 10.4 Å². The van der Waals surface area contributed by atoms with Crippen molar-refractivity contribution >= 4 is 17.0 Å². The van der Waals surface area contributed by atoms with Gasteiger partial charge in [-0.2, -0.15) is 0 Å². The molecule has 0 heterocycles. The molecule has 0 bridgehead atoms. The van der Waals surface area contributed by atoms with Crippen LogP contribution in [0.25, 0.3) is 0 Å². The van der Waals surface area contributed by atoms with Gasteiger partial charge in [-0.1, -0.05) is 0 Å². The molecule has 0 unspecified atom stereocenters. The van der Waals surface area contributed by atoms with Crippen LogP contribution >= 0.6 is 17.0 Å². The van der Waals surface area contributed by atoms with Crippen LogP contribution in [0.3, 0.4) is 0 Å². The van der Waals surface area contributed by atoms with Crippen LogP contribution in [0.5, 0.6) is 0 Å². The van der Waals surface area contributed by atoms with Gasteiger partial charge >= 0.3 is 35.7 Å². The van der Waals surface area contributed by atoms with Gasteiger partial charge in [0.15, 0.2) is 0 Å². The molecule has 0 aromatic carbocycles. The normalized spacial score (nSPS) is 3.00. The first-order chi connectivity index (χ1) is 1.91. The summed E-state index contributed by atoms with van der Waals surface area (Å²) in [6, 6.07) is 0. The van der Waals surface area contributed by atoms with Crippen molar-refractivity contribution in [3.05, 3.63) is 0 Å². The molecule has 25 valence electrons. The van der Waals surface area contributed by atoms with Crippen molar-refractivity contribution in [3.8, 4) is 10.4 Å². The van der Waals surface area contributed by atoms with Gasteiger partial charge in [0.2, 0.25) is 0 Å². The Morgan fingerprint density at radius 1 is 1.60 bits per heavy atom. The summed E-state index contributed by atoms with van der Waals surface area (Å²) >= 11 is 1.11. The van der Waals surface area contributed by atoms with Gasteiger partial charge in [-0.15, -0.1) is 17.0 Å². The average Bonchev–Trinajstić information content (AvgIpc) is 1.37. The van der Waals surface area contributed by atoms with Crippen LogP contribution in [0, 0.1) is 10.4 Å². The average molecular weight is 185 g/mol. The third kappa shape index (κ3) is 12.0. The molecule has 0 aromatic rings. The minimum atomic E-state index is 0. The standard InChI is InChI=1S/C3H3.BrH.Zn/c1-3-2;;/h1H3;1H;. The zero-order valence-electron chi connectivity index (χ0n) is 3.12. The van der Waals surface area contributed by atoms with E-state index in [1.54, 1.807) is 0 Å². The van der Waals surface area contributed by atoms with Gasteiger partial charge in [-0.25, -0.2) is 0 Å². The zero-order valence-corrected chi connectivity index (χ0v) is 7.80. The Hall–Kier alpha value is 0.663. The van der Waals surface area contributed by atoms with Crippen LogP contribution in [-0.2, 0) is 18.3 Å². The Morgan fingerprint density at radius 2 is 1.80 bits per heavy atom. The summed E-state index contributed by atoms with van der Waals surface area (Å²) < 4.78 is 2.81. The third-order valence-electron chi connectivity index (χ3n) is 0.177. The summed E-state index contributed by atoms with van der Waals surface area (Å²) in [4.78, 5) is 0. The first-order valence-corrected chi connectivity index (χ1v) is 2.59. The Morgan fingerprint density at radius 3 is 1.80 bits per heavy atom. The Kier molecular flexibility index (Phi) is 16.2. The summed E-state index contributed by atoms with van der Waals surface area (Å²) in [5.41, 5.74) is 0. The first-order valence-electron chi connectivity index (χ1n) is 1.10. The second-order valence-corrected chi connectivity index (χ2v) is 1.17. The molecule has 0 spiro atoms. The number of rotatable bonds is 0. The van der Waals surface area contributed by atoms with Gasteiger partial charge in [0, 0.05) is 0 Å². The van der Waals surface area contributed by atoms with E-state index in [1.807, 2.05) is 6.92 Å².